The third kappa shape index (κ3) is 3.61. The van der Waals surface area contributed by atoms with E-state index in [0.29, 0.717) is 6.04 Å². The van der Waals surface area contributed by atoms with E-state index in [9.17, 15) is 4.79 Å². The first-order valence-electron chi connectivity index (χ1n) is 10.2. The summed E-state index contributed by atoms with van der Waals surface area (Å²) in [6.07, 6.45) is 4.23. The Morgan fingerprint density at radius 3 is 2.83 bits per heavy atom. The van der Waals surface area contributed by atoms with Crippen LogP contribution in [-0.4, -0.2) is 30.9 Å². The van der Waals surface area contributed by atoms with Crippen LogP contribution in [-0.2, 0) is 4.79 Å². The molecule has 2 aromatic carbocycles. The van der Waals surface area contributed by atoms with E-state index in [1.807, 2.05) is 56.4 Å². The van der Waals surface area contributed by atoms with E-state index >= 15 is 0 Å². The smallest absolute Gasteiger partial charge is 0.237 e. The Bertz CT molecular complexity index is 1220. The number of carbonyl (C=O) groups excluding carboxylic acids is 1. The quantitative estimate of drug-likeness (QED) is 0.423. The maximum absolute atomic E-state index is 12.7. The van der Waals surface area contributed by atoms with Gasteiger partial charge < -0.3 is 10.3 Å². The van der Waals surface area contributed by atoms with Crippen LogP contribution in [0.25, 0.3) is 22.3 Å². The number of nitrogens with zero attached hydrogens (tertiary/aromatic N) is 3. The Balaban J connectivity index is 1.41. The minimum atomic E-state index is -0.289. The summed E-state index contributed by atoms with van der Waals surface area (Å²) < 4.78 is 2.21. The van der Waals surface area contributed by atoms with Crippen LogP contribution in [0.2, 0.25) is 0 Å². The SMILES string of the molecule is Cc1cccc(NC(=O)[C@H](C)Sc2nnc(-c3c[nH]c4ccccc34)n2C2CC2)c1. The molecule has 1 aliphatic rings. The van der Waals surface area contributed by atoms with Gasteiger partial charge in [0.1, 0.15) is 0 Å². The lowest BCUT2D eigenvalue weighted by molar-refractivity contribution is -0.115. The molecule has 1 atom stereocenters. The van der Waals surface area contributed by atoms with Gasteiger partial charge in [-0.3, -0.25) is 9.36 Å². The number of para-hydroxylation sites is 1. The fourth-order valence-corrected chi connectivity index (χ4v) is 4.56. The van der Waals surface area contributed by atoms with Crippen LogP contribution < -0.4 is 5.32 Å². The molecule has 1 fully saturated rings. The van der Waals surface area contributed by atoms with Crippen molar-refractivity contribution in [3.05, 3.63) is 60.3 Å². The van der Waals surface area contributed by atoms with Gasteiger partial charge in [-0.1, -0.05) is 42.1 Å². The molecule has 2 N–H and O–H groups in total. The van der Waals surface area contributed by atoms with Gasteiger partial charge in [0.15, 0.2) is 11.0 Å². The Morgan fingerprint density at radius 1 is 1.20 bits per heavy atom. The summed E-state index contributed by atoms with van der Waals surface area (Å²) in [4.78, 5) is 16.1. The number of fused-ring (bicyclic) bond motifs is 1. The van der Waals surface area contributed by atoms with Crippen LogP contribution in [0, 0.1) is 6.92 Å². The number of H-pyrrole nitrogens is 1. The van der Waals surface area contributed by atoms with Crippen LogP contribution >= 0.6 is 11.8 Å². The second-order valence-corrected chi connectivity index (χ2v) is 9.08. The summed E-state index contributed by atoms with van der Waals surface area (Å²) in [6.45, 7) is 3.92. The van der Waals surface area contributed by atoms with E-state index in [-0.39, 0.29) is 11.2 Å². The molecule has 1 amide bonds. The van der Waals surface area contributed by atoms with Gasteiger partial charge >= 0.3 is 0 Å². The second kappa shape index (κ2) is 7.65. The summed E-state index contributed by atoms with van der Waals surface area (Å²) >= 11 is 1.46. The zero-order valence-corrected chi connectivity index (χ0v) is 17.7. The number of aryl methyl sites for hydroxylation is 1. The van der Waals surface area contributed by atoms with E-state index in [2.05, 4.69) is 37.2 Å². The van der Waals surface area contributed by atoms with Crippen LogP contribution in [0.3, 0.4) is 0 Å². The van der Waals surface area contributed by atoms with E-state index < -0.39 is 0 Å². The van der Waals surface area contributed by atoms with Gasteiger partial charge in [0.25, 0.3) is 0 Å². The van der Waals surface area contributed by atoms with E-state index in [1.165, 1.54) is 11.8 Å². The molecule has 1 saturated carbocycles. The highest BCUT2D eigenvalue weighted by Gasteiger charge is 2.32. The van der Waals surface area contributed by atoms with Crippen LogP contribution in [0.5, 0.6) is 0 Å². The predicted molar refractivity (Wildman–Crippen MR) is 121 cm³/mol. The number of nitrogens with one attached hydrogen (secondary N) is 2. The minimum Gasteiger partial charge on any atom is -0.360 e. The number of aromatic amines is 1. The van der Waals surface area contributed by atoms with Crippen LogP contribution in [0.4, 0.5) is 5.69 Å². The zero-order chi connectivity index (χ0) is 20.7. The highest BCUT2D eigenvalue weighted by molar-refractivity contribution is 8.00. The molecule has 0 bridgehead atoms. The first-order valence-corrected chi connectivity index (χ1v) is 11.0. The molecule has 7 heteroatoms. The molecule has 0 radical (unpaired) electrons. The number of carbonyl (C=O) groups is 1. The topological polar surface area (TPSA) is 75.6 Å². The molecule has 4 aromatic rings. The van der Waals surface area contributed by atoms with E-state index in [1.54, 1.807) is 0 Å². The van der Waals surface area contributed by atoms with Gasteiger partial charge in [-0.05, 0) is 50.5 Å². The Labute approximate surface area is 179 Å². The van der Waals surface area contributed by atoms with Crippen molar-refractivity contribution >= 4 is 34.3 Å². The average molecular weight is 418 g/mol. The fraction of sp³-hybridized carbons (Fsp3) is 0.261. The number of hydrogen-bond donors (Lipinski definition) is 2. The summed E-state index contributed by atoms with van der Waals surface area (Å²) in [5, 5.41) is 13.6. The third-order valence-corrected chi connectivity index (χ3v) is 6.40. The average Bonchev–Trinajstić information content (AvgIpc) is 3.35. The first kappa shape index (κ1) is 18.9. The normalized spacial score (nSPS) is 14.7. The number of rotatable bonds is 6. The van der Waals surface area contributed by atoms with Crippen molar-refractivity contribution in [2.24, 2.45) is 0 Å². The largest absolute Gasteiger partial charge is 0.360 e. The van der Waals surface area contributed by atoms with Crippen molar-refractivity contribution < 1.29 is 4.79 Å². The predicted octanol–water partition coefficient (Wildman–Crippen LogP) is 5.19. The highest BCUT2D eigenvalue weighted by atomic mass is 32.2. The molecule has 2 heterocycles. The standard InChI is InChI=1S/C23H23N5OS/c1-14-6-5-7-16(12-14)25-22(29)15(2)30-23-27-26-21(28(23)17-10-11-17)19-13-24-20-9-4-3-8-18(19)20/h3-9,12-13,15,17,24H,10-11H2,1-2H3,(H,25,29)/t15-/m0/s1. The van der Waals surface area contributed by atoms with Crippen LogP contribution in [0.15, 0.2) is 59.9 Å². The summed E-state index contributed by atoms with van der Waals surface area (Å²) in [6, 6.07) is 16.4. The molecule has 0 unspecified atom stereocenters. The summed E-state index contributed by atoms with van der Waals surface area (Å²) in [5.74, 6) is 0.827. The second-order valence-electron chi connectivity index (χ2n) is 7.77. The molecule has 152 valence electrons. The molecule has 0 aliphatic heterocycles. The van der Waals surface area contributed by atoms with Crippen molar-refractivity contribution in [1.82, 2.24) is 19.7 Å². The van der Waals surface area contributed by atoms with Crippen molar-refractivity contribution in [3.8, 4) is 11.4 Å². The zero-order valence-electron chi connectivity index (χ0n) is 16.9. The molecule has 30 heavy (non-hydrogen) atoms. The molecular weight excluding hydrogens is 394 g/mol. The van der Waals surface area contributed by atoms with Crippen LogP contribution in [0.1, 0.15) is 31.4 Å². The number of hydrogen-bond acceptors (Lipinski definition) is 4. The van der Waals surface area contributed by atoms with Gasteiger partial charge in [0, 0.05) is 34.4 Å². The lowest BCUT2D eigenvalue weighted by Crippen LogP contribution is -2.23. The van der Waals surface area contributed by atoms with Crippen molar-refractivity contribution in [1.29, 1.82) is 0 Å². The summed E-state index contributed by atoms with van der Waals surface area (Å²) in [5.41, 5.74) is 4.06. The highest BCUT2D eigenvalue weighted by Crippen LogP contribution is 2.42. The van der Waals surface area contributed by atoms with Gasteiger partial charge in [-0.25, -0.2) is 0 Å². The maximum atomic E-state index is 12.7. The van der Waals surface area contributed by atoms with Crippen molar-refractivity contribution in [3.63, 3.8) is 0 Å². The molecule has 1 aliphatic carbocycles. The molecule has 0 saturated heterocycles. The number of anilines is 1. The molecular formula is C23H23N5OS. The van der Waals surface area contributed by atoms with Gasteiger partial charge in [0.05, 0.1) is 5.25 Å². The monoisotopic (exact) mass is 417 g/mol. The molecule has 6 nitrogen and oxygen atoms in total. The van der Waals surface area contributed by atoms with E-state index in [4.69, 9.17) is 0 Å². The Kier molecular flexibility index (Phi) is 4.83. The van der Waals surface area contributed by atoms with Gasteiger partial charge in [-0.15, -0.1) is 10.2 Å². The van der Waals surface area contributed by atoms with Crippen molar-refractivity contribution in [2.45, 2.75) is 43.1 Å². The lowest BCUT2D eigenvalue weighted by atomic mass is 10.1. The Morgan fingerprint density at radius 2 is 2.03 bits per heavy atom. The molecule has 2 aromatic heterocycles. The van der Waals surface area contributed by atoms with E-state index in [0.717, 1.165) is 51.5 Å². The maximum Gasteiger partial charge on any atom is 0.237 e. The van der Waals surface area contributed by atoms with Gasteiger partial charge in [-0.2, -0.15) is 0 Å². The number of aromatic nitrogens is 4. The number of thioether (sulfide) groups is 1. The fourth-order valence-electron chi connectivity index (χ4n) is 3.64. The number of benzene rings is 2. The minimum absolute atomic E-state index is 0.0374. The molecule has 5 rings (SSSR count). The first-order chi connectivity index (χ1) is 14.6. The van der Waals surface area contributed by atoms with Crippen molar-refractivity contribution in [2.75, 3.05) is 5.32 Å². The van der Waals surface area contributed by atoms with Gasteiger partial charge in [0.2, 0.25) is 5.91 Å². The lowest BCUT2D eigenvalue weighted by Gasteiger charge is -2.13. The summed E-state index contributed by atoms with van der Waals surface area (Å²) in [7, 11) is 0. The Hall–Kier alpha value is -3.06. The number of amides is 1. The third-order valence-electron chi connectivity index (χ3n) is 5.34. The molecule has 0 spiro atoms.